The molecule has 1 amide bonds. The standard InChI is InChI=1S/C13H13N3O3S/c1-8(9-4-5-20-7-9)15-13(17)11-6-10(16(18)19)2-3-12(11)14/h2-8H,14H2,1H3,(H,15,17). The number of thiophene rings is 1. The first-order valence-electron chi connectivity index (χ1n) is 5.86. The van der Waals surface area contributed by atoms with Crippen LogP contribution in [0.3, 0.4) is 0 Å². The predicted octanol–water partition coefficient (Wildman–Crippen LogP) is 2.73. The van der Waals surface area contributed by atoms with Crippen LogP contribution in [0, 0.1) is 10.1 Å². The highest BCUT2D eigenvalue weighted by Crippen LogP contribution is 2.21. The molecule has 7 heteroatoms. The van der Waals surface area contributed by atoms with E-state index in [0.717, 1.165) is 5.56 Å². The third-order valence-electron chi connectivity index (χ3n) is 2.88. The fourth-order valence-corrected chi connectivity index (χ4v) is 2.49. The van der Waals surface area contributed by atoms with Crippen LogP contribution in [0.5, 0.6) is 0 Å². The van der Waals surface area contributed by atoms with Crippen molar-refractivity contribution in [2.75, 3.05) is 5.73 Å². The first-order valence-corrected chi connectivity index (χ1v) is 6.80. The van der Waals surface area contributed by atoms with E-state index < -0.39 is 10.8 Å². The molecule has 3 N–H and O–H groups in total. The van der Waals surface area contributed by atoms with Gasteiger partial charge in [0, 0.05) is 17.8 Å². The lowest BCUT2D eigenvalue weighted by Crippen LogP contribution is -2.27. The van der Waals surface area contributed by atoms with Gasteiger partial charge in [0.25, 0.3) is 11.6 Å². The highest BCUT2D eigenvalue weighted by atomic mass is 32.1. The van der Waals surface area contributed by atoms with E-state index in [0.29, 0.717) is 0 Å². The maximum atomic E-state index is 12.1. The summed E-state index contributed by atoms with van der Waals surface area (Å²) in [5.74, 6) is -0.426. The molecule has 0 saturated heterocycles. The van der Waals surface area contributed by atoms with E-state index in [4.69, 9.17) is 5.73 Å². The summed E-state index contributed by atoms with van der Waals surface area (Å²) in [5.41, 5.74) is 6.85. The van der Waals surface area contributed by atoms with Crippen molar-refractivity contribution >= 4 is 28.6 Å². The first kappa shape index (κ1) is 14.0. The number of benzene rings is 1. The molecule has 0 aliphatic rings. The molecule has 1 heterocycles. The fraction of sp³-hybridized carbons (Fsp3) is 0.154. The van der Waals surface area contributed by atoms with Gasteiger partial charge in [-0.2, -0.15) is 11.3 Å². The summed E-state index contributed by atoms with van der Waals surface area (Å²) in [6.45, 7) is 1.84. The minimum atomic E-state index is -0.557. The average Bonchev–Trinajstić information content (AvgIpc) is 2.92. The van der Waals surface area contributed by atoms with Crippen LogP contribution >= 0.6 is 11.3 Å². The molecule has 0 aliphatic carbocycles. The molecule has 1 aromatic heterocycles. The molecule has 2 rings (SSSR count). The Morgan fingerprint density at radius 2 is 2.20 bits per heavy atom. The van der Waals surface area contributed by atoms with Gasteiger partial charge >= 0.3 is 0 Å². The Hall–Kier alpha value is -2.41. The maximum absolute atomic E-state index is 12.1. The topological polar surface area (TPSA) is 98.3 Å². The number of hydrogen-bond donors (Lipinski definition) is 2. The van der Waals surface area contributed by atoms with Crippen molar-refractivity contribution < 1.29 is 9.72 Å². The Balaban J connectivity index is 2.20. The molecule has 0 aliphatic heterocycles. The van der Waals surface area contributed by atoms with Crippen LogP contribution in [-0.4, -0.2) is 10.8 Å². The third-order valence-corrected chi connectivity index (χ3v) is 3.58. The zero-order valence-electron chi connectivity index (χ0n) is 10.7. The van der Waals surface area contributed by atoms with Gasteiger partial charge < -0.3 is 11.1 Å². The van der Waals surface area contributed by atoms with Crippen molar-refractivity contribution in [3.63, 3.8) is 0 Å². The minimum absolute atomic E-state index is 0.112. The van der Waals surface area contributed by atoms with Crippen LogP contribution in [0.1, 0.15) is 28.9 Å². The second kappa shape index (κ2) is 5.70. The van der Waals surface area contributed by atoms with Gasteiger partial charge in [0.15, 0.2) is 0 Å². The van der Waals surface area contributed by atoms with E-state index in [1.54, 1.807) is 0 Å². The summed E-state index contributed by atoms with van der Waals surface area (Å²) >= 11 is 1.54. The van der Waals surface area contributed by atoms with Crippen LogP contribution in [0.25, 0.3) is 0 Å². The summed E-state index contributed by atoms with van der Waals surface area (Å²) in [5, 5.41) is 17.3. The van der Waals surface area contributed by atoms with Crippen molar-refractivity contribution in [2.45, 2.75) is 13.0 Å². The molecule has 104 valence electrons. The molecule has 0 radical (unpaired) electrons. The molecule has 0 bridgehead atoms. The minimum Gasteiger partial charge on any atom is -0.398 e. The maximum Gasteiger partial charge on any atom is 0.270 e. The highest BCUT2D eigenvalue weighted by Gasteiger charge is 2.17. The molecular formula is C13H13N3O3S. The van der Waals surface area contributed by atoms with E-state index in [-0.39, 0.29) is 23.0 Å². The SMILES string of the molecule is CC(NC(=O)c1cc([N+](=O)[O-])ccc1N)c1ccsc1. The van der Waals surface area contributed by atoms with E-state index in [1.807, 2.05) is 23.8 Å². The molecule has 20 heavy (non-hydrogen) atoms. The second-order valence-electron chi connectivity index (χ2n) is 4.28. The number of nitrogen functional groups attached to an aromatic ring is 1. The van der Waals surface area contributed by atoms with Crippen LogP contribution in [0.15, 0.2) is 35.0 Å². The van der Waals surface area contributed by atoms with Crippen molar-refractivity contribution in [2.24, 2.45) is 0 Å². The zero-order chi connectivity index (χ0) is 14.7. The van der Waals surface area contributed by atoms with Gasteiger partial charge in [0.2, 0.25) is 0 Å². The zero-order valence-corrected chi connectivity index (χ0v) is 11.5. The lowest BCUT2D eigenvalue weighted by atomic mass is 10.1. The number of carbonyl (C=O) groups is 1. The number of rotatable bonds is 4. The number of amides is 1. The Morgan fingerprint density at radius 3 is 2.80 bits per heavy atom. The van der Waals surface area contributed by atoms with Gasteiger partial charge in [-0.1, -0.05) is 0 Å². The van der Waals surface area contributed by atoms with Gasteiger partial charge in [-0.05, 0) is 35.4 Å². The van der Waals surface area contributed by atoms with Crippen molar-refractivity contribution in [1.82, 2.24) is 5.32 Å². The van der Waals surface area contributed by atoms with E-state index in [2.05, 4.69) is 5.32 Å². The number of anilines is 1. The fourth-order valence-electron chi connectivity index (χ4n) is 1.73. The monoisotopic (exact) mass is 291 g/mol. The van der Waals surface area contributed by atoms with Crippen molar-refractivity contribution in [3.8, 4) is 0 Å². The summed E-state index contributed by atoms with van der Waals surface area (Å²) in [6, 6.07) is 5.54. The Labute approximate surface area is 119 Å². The molecule has 1 unspecified atom stereocenters. The van der Waals surface area contributed by atoms with E-state index in [9.17, 15) is 14.9 Å². The molecule has 0 saturated carbocycles. The number of nitro benzene ring substituents is 1. The highest BCUT2D eigenvalue weighted by molar-refractivity contribution is 7.07. The van der Waals surface area contributed by atoms with Crippen LogP contribution < -0.4 is 11.1 Å². The quantitative estimate of drug-likeness (QED) is 0.514. The first-order chi connectivity index (χ1) is 9.49. The summed E-state index contributed by atoms with van der Waals surface area (Å²) in [7, 11) is 0. The molecule has 6 nitrogen and oxygen atoms in total. The van der Waals surface area contributed by atoms with Crippen LogP contribution in [-0.2, 0) is 0 Å². The Morgan fingerprint density at radius 1 is 1.45 bits per heavy atom. The number of carbonyl (C=O) groups excluding carboxylic acids is 1. The molecule has 0 fully saturated rings. The molecule has 2 aromatic rings. The Kier molecular flexibility index (Phi) is 3.99. The van der Waals surface area contributed by atoms with Gasteiger partial charge in [-0.15, -0.1) is 0 Å². The molecule has 1 aromatic carbocycles. The summed E-state index contributed by atoms with van der Waals surface area (Å²) < 4.78 is 0. The number of hydrogen-bond acceptors (Lipinski definition) is 5. The van der Waals surface area contributed by atoms with Gasteiger partial charge in [-0.25, -0.2) is 0 Å². The largest absolute Gasteiger partial charge is 0.398 e. The van der Waals surface area contributed by atoms with Crippen molar-refractivity contribution in [3.05, 3.63) is 56.3 Å². The number of nitrogens with two attached hydrogens (primary N) is 1. The molecule has 0 spiro atoms. The van der Waals surface area contributed by atoms with Crippen LogP contribution in [0.4, 0.5) is 11.4 Å². The summed E-state index contributed by atoms with van der Waals surface area (Å²) in [4.78, 5) is 22.3. The number of nitrogens with one attached hydrogen (secondary N) is 1. The van der Waals surface area contributed by atoms with E-state index >= 15 is 0 Å². The predicted molar refractivity (Wildman–Crippen MR) is 77.7 cm³/mol. The van der Waals surface area contributed by atoms with Gasteiger partial charge in [-0.3, -0.25) is 14.9 Å². The smallest absolute Gasteiger partial charge is 0.270 e. The van der Waals surface area contributed by atoms with Gasteiger partial charge in [0.05, 0.1) is 16.5 Å². The number of nitro groups is 1. The molecular weight excluding hydrogens is 278 g/mol. The average molecular weight is 291 g/mol. The van der Waals surface area contributed by atoms with Gasteiger partial charge in [0.1, 0.15) is 0 Å². The number of non-ortho nitro benzene ring substituents is 1. The number of nitrogens with zero attached hydrogens (tertiary/aromatic N) is 1. The van der Waals surface area contributed by atoms with Crippen LogP contribution in [0.2, 0.25) is 0 Å². The Bertz CT molecular complexity index is 640. The lowest BCUT2D eigenvalue weighted by molar-refractivity contribution is -0.384. The normalized spacial score (nSPS) is 11.8. The third kappa shape index (κ3) is 2.94. The van der Waals surface area contributed by atoms with Crippen molar-refractivity contribution in [1.29, 1.82) is 0 Å². The second-order valence-corrected chi connectivity index (χ2v) is 5.06. The lowest BCUT2D eigenvalue weighted by Gasteiger charge is -2.13. The summed E-state index contributed by atoms with van der Waals surface area (Å²) in [6.07, 6.45) is 0. The molecule has 1 atom stereocenters. The van der Waals surface area contributed by atoms with E-state index in [1.165, 1.54) is 29.5 Å².